The number of aromatic hydroxyl groups is 1. The molecular weight excluding hydrogens is 396 g/mol. The number of nitrogens with one attached hydrogen (secondary N) is 1. The Labute approximate surface area is 181 Å². The molecule has 0 unspecified atom stereocenters. The van der Waals surface area contributed by atoms with Gasteiger partial charge in [-0.3, -0.25) is 4.79 Å². The molecule has 0 saturated carbocycles. The van der Waals surface area contributed by atoms with E-state index in [4.69, 9.17) is 11.6 Å². The molecule has 3 aromatic carbocycles. The Kier molecular flexibility index (Phi) is 7.81. The maximum atomic E-state index is 12.0. The third-order valence-electron chi connectivity index (χ3n) is 4.52. The molecular formula is C25H23ClN2O2. The lowest BCUT2D eigenvalue weighted by atomic mass is 10.1. The predicted octanol–water partition coefficient (Wildman–Crippen LogP) is 5.85. The lowest BCUT2D eigenvalue weighted by molar-refractivity contribution is 0.0955. The summed E-state index contributed by atoms with van der Waals surface area (Å²) in [6, 6.07) is 22.6. The highest BCUT2D eigenvalue weighted by Crippen LogP contribution is 2.23. The first-order valence-corrected chi connectivity index (χ1v) is 10.1. The van der Waals surface area contributed by atoms with Crippen LogP contribution in [-0.4, -0.2) is 17.2 Å². The van der Waals surface area contributed by atoms with Crippen molar-refractivity contribution in [2.24, 2.45) is 5.10 Å². The summed E-state index contributed by atoms with van der Waals surface area (Å²) >= 11 is 5.81. The van der Waals surface area contributed by atoms with E-state index in [9.17, 15) is 9.90 Å². The molecule has 30 heavy (non-hydrogen) atoms. The largest absolute Gasteiger partial charge is 0.506 e. The smallest absolute Gasteiger partial charge is 0.271 e. The van der Waals surface area contributed by atoms with Crippen LogP contribution in [-0.2, 0) is 6.42 Å². The van der Waals surface area contributed by atoms with Crippen molar-refractivity contribution in [3.05, 3.63) is 106 Å². The number of carbonyl (C=O) groups excluding carboxylic acids is 1. The number of carbonyl (C=O) groups is 1. The Hall–Kier alpha value is -3.37. The zero-order valence-corrected chi connectivity index (χ0v) is 17.2. The van der Waals surface area contributed by atoms with Crippen LogP contribution in [0.2, 0.25) is 5.02 Å². The molecule has 0 aliphatic rings. The van der Waals surface area contributed by atoms with Crippen LogP contribution in [0.15, 0.2) is 84.0 Å². The molecule has 0 atom stereocenters. The minimum absolute atomic E-state index is 0.0675. The first-order valence-electron chi connectivity index (χ1n) is 9.74. The van der Waals surface area contributed by atoms with Gasteiger partial charge >= 0.3 is 0 Å². The van der Waals surface area contributed by atoms with E-state index < -0.39 is 5.91 Å². The maximum Gasteiger partial charge on any atom is 0.271 e. The normalized spacial score (nSPS) is 11.2. The van der Waals surface area contributed by atoms with Crippen molar-refractivity contribution >= 4 is 29.8 Å². The van der Waals surface area contributed by atoms with Crippen LogP contribution in [0.5, 0.6) is 5.75 Å². The summed E-state index contributed by atoms with van der Waals surface area (Å²) in [5.74, 6) is -0.467. The van der Waals surface area contributed by atoms with Gasteiger partial charge in [-0.15, -0.1) is 0 Å². The Bertz CT molecular complexity index is 1030. The van der Waals surface area contributed by atoms with Gasteiger partial charge in [-0.2, -0.15) is 5.10 Å². The Morgan fingerprint density at radius 3 is 2.47 bits per heavy atom. The lowest BCUT2D eigenvalue weighted by Gasteiger charge is -2.02. The zero-order valence-electron chi connectivity index (χ0n) is 16.5. The first-order chi connectivity index (χ1) is 14.6. The van der Waals surface area contributed by atoms with Crippen molar-refractivity contribution in [2.75, 3.05) is 0 Å². The summed E-state index contributed by atoms with van der Waals surface area (Å²) in [6.45, 7) is 0. The fourth-order valence-electron chi connectivity index (χ4n) is 2.86. The van der Waals surface area contributed by atoms with Crippen molar-refractivity contribution < 1.29 is 9.90 Å². The molecule has 0 fully saturated rings. The highest BCUT2D eigenvalue weighted by atomic mass is 35.5. The fraction of sp³-hybridized carbons (Fsp3) is 0.120. The van der Waals surface area contributed by atoms with E-state index in [0.29, 0.717) is 5.56 Å². The number of allylic oxidation sites excluding steroid dienone is 1. The van der Waals surface area contributed by atoms with Gasteiger partial charge in [0.05, 0.1) is 11.2 Å². The molecule has 3 rings (SSSR count). The quantitative estimate of drug-likeness (QED) is 0.274. The summed E-state index contributed by atoms with van der Waals surface area (Å²) in [5, 5.41) is 13.5. The van der Waals surface area contributed by atoms with Gasteiger partial charge in [0.15, 0.2) is 0 Å². The van der Waals surface area contributed by atoms with Crippen LogP contribution in [0.25, 0.3) is 6.08 Å². The third kappa shape index (κ3) is 6.61. The standard InChI is InChI=1S/C25H23ClN2O2/c26-23-17-22(15-16-24(23)29)25(30)28-27-18-21-13-11-20(12-14-21)10-6-2-5-9-19-7-3-1-4-8-19/h1,3-4,6-8,10-18,29H,2,5,9H2,(H,28,30)/b10-6+,27-18+. The van der Waals surface area contributed by atoms with Crippen molar-refractivity contribution in [3.8, 4) is 5.75 Å². The number of phenols is 1. The number of aryl methyl sites for hydroxylation is 1. The van der Waals surface area contributed by atoms with E-state index in [1.54, 1.807) is 6.21 Å². The first kappa shape index (κ1) is 21.3. The second kappa shape index (κ2) is 11.0. The molecule has 0 spiro atoms. The molecule has 0 bridgehead atoms. The second-order valence-electron chi connectivity index (χ2n) is 6.81. The van der Waals surface area contributed by atoms with Crippen molar-refractivity contribution in [2.45, 2.75) is 19.3 Å². The van der Waals surface area contributed by atoms with Crippen molar-refractivity contribution in [3.63, 3.8) is 0 Å². The average molecular weight is 419 g/mol. The molecule has 152 valence electrons. The van der Waals surface area contributed by atoms with Crippen LogP contribution >= 0.6 is 11.6 Å². The van der Waals surface area contributed by atoms with Gasteiger partial charge in [0.1, 0.15) is 5.75 Å². The molecule has 2 N–H and O–H groups in total. The topological polar surface area (TPSA) is 61.7 Å². The molecule has 0 aromatic heterocycles. The van der Waals surface area contributed by atoms with E-state index in [0.717, 1.165) is 30.4 Å². The monoisotopic (exact) mass is 418 g/mol. The Morgan fingerprint density at radius 1 is 1.00 bits per heavy atom. The summed E-state index contributed by atoms with van der Waals surface area (Å²) in [5.41, 5.74) is 6.13. The lowest BCUT2D eigenvalue weighted by Crippen LogP contribution is -2.17. The molecule has 0 radical (unpaired) electrons. The van der Waals surface area contributed by atoms with Crippen LogP contribution in [0.1, 0.15) is 39.9 Å². The summed E-state index contributed by atoms with van der Waals surface area (Å²) in [4.78, 5) is 12.0. The maximum absolute atomic E-state index is 12.0. The predicted molar refractivity (Wildman–Crippen MR) is 123 cm³/mol. The average Bonchev–Trinajstić information content (AvgIpc) is 2.77. The van der Waals surface area contributed by atoms with Gasteiger partial charge in [0, 0.05) is 5.56 Å². The number of hydrogen-bond donors (Lipinski definition) is 2. The number of hydrogen-bond acceptors (Lipinski definition) is 3. The number of nitrogens with zero attached hydrogens (tertiary/aromatic N) is 1. The van der Waals surface area contributed by atoms with Crippen molar-refractivity contribution in [1.29, 1.82) is 0 Å². The zero-order chi connectivity index (χ0) is 21.2. The minimum Gasteiger partial charge on any atom is -0.506 e. The Morgan fingerprint density at radius 2 is 1.73 bits per heavy atom. The number of unbranched alkanes of at least 4 members (excludes halogenated alkanes) is 1. The van der Waals surface area contributed by atoms with Gasteiger partial charge in [-0.25, -0.2) is 5.43 Å². The fourth-order valence-corrected chi connectivity index (χ4v) is 3.04. The van der Waals surface area contributed by atoms with E-state index in [1.165, 1.54) is 23.8 Å². The number of rotatable bonds is 8. The summed E-state index contributed by atoms with van der Waals surface area (Å²) in [6.07, 6.45) is 9.12. The molecule has 3 aromatic rings. The summed E-state index contributed by atoms with van der Waals surface area (Å²) in [7, 11) is 0. The number of benzene rings is 3. The molecule has 0 saturated heterocycles. The molecule has 0 aliphatic carbocycles. The SMILES string of the molecule is O=C(N/N=C/c1ccc(/C=C/CCCc2ccccc2)cc1)c1ccc(O)c(Cl)c1. The number of halogens is 1. The Balaban J connectivity index is 1.44. The second-order valence-corrected chi connectivity index (χ2v) is 7.22. The van der Waals surface area contributed by atoms with Gasteiger partial charge in [0.2, 0.25) is 0 Å². The van der Waals surface area contributed by atoms with Gasteiger partial charge in [-0.1, -0.05) is 78.4 Å². The molecule has 0 heterocycles. The third-order valence-corrected chi connectivity index (χ3v) is 4.82. The van der Waals surface area contributed by atoms with Crippen LogP contribution in [0.3, 0.4) is 0 Å². The highest BCUT2D eigenvalue weighted by Gasteiger charge is 2.07. The molecule has 5 heteroatoms. The van der Waals surface area contributed by atoms with Gasteiger partial charge in [0.25, 0.3) is 5.91 Å². The van der Waals surface area contributed by atoms with E-state index >= 15 is 0 Å². The van der Waals surface area contributed by atoms with E-state index in [-0.39, 0.29) is 10.8 Å². The van der Waals surface area contributed by atoms with E-state index in [2.05, 4.69) is 46.9 Å². The van der Waals surface area contributed by atoms with Gasteiger partial charge in [-0.05, 0) is 54.2 Å². The summed E-state index contributed by atoms with van der Waals surface area (Å²) < 4.78 is 0. The highest BCUT2D eigenvalue weighted by molar-refractivity contribution is 6.32. The van der Waals surface area contributed by atoms with Crippen LogP contribution < -0.4 is 5.43 Å². The molecule has 0 aliphatic heterocycles. The minimum atomic E-state index is -0.400. The molecule has 1 amide bonds. The number of phenolic OH excluding ortho intramolecular Hbond substituents is 1. The number of amides is 1. The van der Waals surface area contributed by atoms with Crippen LogP contribution in [0.4, 0.5) is 0 Å². The van der Waals surface area contributed by atoms with Crippen LogP contribution in [0, 0.1) is 0 Å². The van der Waals surface area contributed by atoms with E-state index in [1.807, 2.05) is 30.3 Å². The molecule has 4 nitrogen and oxygen atoms in total. The van der Waals surface area contributed by atoms with Gasteiger partial charge < -0.3 is 5.11 Å². The number of hydrazone groups is 1. The van der Waals surface area contributed by atoms with Crippen molar-refractivity contribution in [1.82, 2.24) is 5.43 Å².